The van der Waals surface area contributed by atoms with Gasteiger partial charge >= 0.3 is 0 Å². The number of hydrogen-bond donors (Lipinski definition) is 2. The number of carbonyl (C=O) groups excluding carboxylic acids is 1. The zero-order chi connectivity index (χ0) is 19.3. The third-order valence-corrected chi connectivity index (χ3v) is 5.62. The van der Waals surface area contributed by atoms with E-state index in [-0.39, 0.29) is 22.4 Å². The van der Waals surface area contributed by atoms with Crippen LogP contribution in [0.4, 0.5) is 5.69 Å². The van der Waals surface area contributed by atoms with Gasteiger partial charge in [0.25, 0.3) is 15.9 Å². The van der Waals surface area contributed by atoms with Crippen LogP contribution >= 0.6 is 15.9 Å². The Kier molecular flexibility index (Phi) is 6.80. The molecule has 2 aromatic rings. The van der Waals surface area contributed by atoms with E-state index in [1.807, 2.05) is 13.0 Å². The number of benzene rings is 2. The fourth-order valence-corrected chi connectivity index (χ4v) is 3.92. The molecule has 8 heteroatoms. The first-order valence-electron chi connectivity index (χ1n) is 7.92. The smallest absolute Gasteiger partial charge is 0.261 e. The van der Waals surface area contributed by atoms with Gasteiger partial charge in [-0.1, -0.05) is 12.1 Å². The molecule has 0 spiro atoms. The van der Waals surface area contributed by atoms with Crippen LogP contribution in [0.5, 0.6) is 0 Å². The van der Waals surface area contributed by atoms with Gasteiger partial charge in [-0.05, 0) is 65.7 Å². The lowest BCUT2D eigenvalue weighted by molar-refractivity contribution is 0.0905. The molecule has 6 nitrogen and oxygen atoms in total. The maximum Gasteiger partial charge on any atom is 0.261 e. The van der Waals surface area contributed by atoms with E-state index in [4.69, 9.17) is 4.74 Å². The van der Waals surface area contributed by atoms with Crippen molar-refractivity contribution in [2.75, 3.05) is 18.4 Å². The van der Waals surface area contributed by atoms with Gasteiger partial charge in [-0.25, -0.2) is 8.42 Å². The molecule has 0 radical (unpaired) electrons. The zero-order valence-corrected chi connectivity index (χ0v) is 17.1. The molecule has 0 saturated carbocycles. The van der Waals surface area contributed by atoms with Crippen molar-refractivity contribution >= 4 is 37.5 Å². The summed E-state index contributed by atoms with van der Waals surface area (Å²) >= 11 is 3.33. The van der Waals surface area contributed by atoms with Crippen LogP contribution in [0.2, 0.25) is 0 Å². The lowest BCUT2D eigenvalue weighted by Gasteiger charge is -2.14. The Bertz CT molecular complexity index is 900. The number of anilines is 1. The number of carbonyl (C=O) groups is 1. The number of hydrogen-bond acceptors (Lipinski definition) is 4. The fraction of sp³-hybridized carbons (Fsp3) is 0.278. The summed E-state index contributed by atoms with van der Waals surface area (Å²) in [6.07, 6.45) is 0. The van der Waals surface area contributed by atoms with Crippen molar-refractivity contribution < 1.29 is 17.9 Å². The highest BCUT2D eigenvalue weighted by Gasteiger charge is 2.18. The van der Waals surface area contributed by atoms with Crippen molar-refractivity contribution in [2.24, 2.45) is 0 Å². The Morgan fingerprint density at radius 2 is 1.96 bits per heavy atom. The summed E-state index contributed by atoms with van der Waals surface area (Å²) in [7, 11) is -2.29. The fourth-order valence-electron chi connectivity index (χ4n) is 2.32. The van der Waals surface area contributed by atoms with Crippen LogP contribution in [0.25, 0.3) is 0 Å². The molecular formula is C18H21BrN2O4S. The van der Waals surface area contributed by atoms with E-state index in [2.05, 4.69) is 26.0 Å². The Labute approximate surface area is 162 Å². The van der Waals surface area contributed by atoms with E-state index in [9.17, 15) is 13.2 Å². The van der Waals surface area contributed by atoms with Gasteiger partial charge in [0.1, 0.15) is 0 Å². The summed E-state index contributed by atoms with van der Waals surface area (Å²) in [6, 6.07) is 11.1. The molecule has 0 aliphatic rings. The van der Waals surface area contributed by atoms with Gasteiger partial charge in [0.2, 0.25) is 0 Å². The summed E-state index contributed by atoms with van der Waals surface area (Å²) in [6.45, 7) is 4.04. The molecule has 0 aromatic heterocycles. The molecule has 0 unspecified atom stereocenters. The largest absolute Gasteiger partial charge is 0.383 e. The highest BCUT2D eigenvalue weighted by Crippen LogP contribution is 2.26. The van der Waals surface area contributed by atoms with Crippen LogP contribution in [0.15, 0.2) is 51.8 Å². The van der Waals surface area contributed by atoms with Crippen LogP contribution in [0, 0.1) is 6.92 Å². The average Bonchev–Trinajstić information content (AvgIpc) is 2.58. The van der Waals surface area contributed by atoms with Crippen LogP contribution in [-0.2, 0) is 14.8 Å². The summed E-state index contributed by atoms with van der Waals surface area (Å²) in [5.41, 5.74) is 1.62. The molecule has 0 aliphatic heterocycles. The van der Waals surface area contributed by atoms with E-state index < -0.39 is 10.0 Å². The van der Waals surface area contributed by atoms with Gasteiger partial charge in [0.05, 0.1) is 17.2 Å². The second-order valence-corrected chi connectivity index (χ2v) is 8.48. The zero-order valence-electron chi connectivity index (χ0n) is 14.7. The van der Waals surface area contributed by atoms with Gasteiger partial charge in [-0.3, -0.25) is 9.52 Å². The standard InChI is InChI=1S/C18H21BrN2O4S/c1-12-7-8-16(19)17(9-12)21-26(23,24)15-6-4-5-14(10-15)18(22)20-13(2)11-25-3/h4-10,13,21H,11H2,1-3H3,(H,20,22)/t13-/m1/s1. The molecule has 2 N–H and O–H groups in total. The maximum absolute atomic E-state index is 12.7. The molecule has 0 saturated heterocycles. The number of halogens is 1. The van der Waals surface area contributed by atoms with E-state index >= 15 is 0 Å². The lowest BCUT2D eigenvalue weighted by Crippen LogP contribution is -2.35. The first kappa shape index (κ1) is 20.4. The van der Waals surface area contributed by atoms with Gasteiger partial charge in [0, 0.05) is 23.2 Å². The minimum absolute atomic E-state index is 0.0120. The third-order valence-electron chi connectivity index (χ3n) is 3.57. The van der Waals surface area contributed by atoms with Crippen molar-refractivity contribution in [3.63, 3.8) is 0 Å². The number of aryl methyl sites for hydroxylation is 1. The number of ether oxygens (including phenoxy) is 1. The van der Waals surface area contributed by atoms with Crippen molar-refractivity contribution in [1.29, 1.82) is 0 Å². The quantitative estimate of drug-likeness (QED) is 0.691. The van der Waals surface area contributed by atoms with E-state index in [0.717, 1.165) is 5.56 Å². The van der Waals surface area contributed by atoms with Crippen molar-refractivity contribution in [3.8, 4) is 0 Å². The topological polar surface area (TPSA) is 84.5 Å². The minimum atomic E-state index is -3.83. The number of sulfonamides is 1. The number of methoxy groups -OCH3 is 1. The normalized spacial score (nSPS) is 12.5. The molecule has 140 valence electrons. The number of rotatable bonds is 7. The highest BCUT2D eigenvalue weighted by atomic mass is 79.9. The van der Waals surface area contributed by atoms with Gasteiger partial charge < -0.3 is 10.1 Å². The van der Waals surface area contributed by atoms with Crippen LogP contribution in [-0.4, -0.2) is 34.1 Å². The molecule has 1 atom stereocenters. The first-order valence-corrected chi connectivity index (χ1v) is 10.2. The Hall–Kier alpha value is -1.90. The van der Waals surface area contributed by atoms with Gasteiger partial charge in [0.15, 0.2) is 0 Å². The van der Waals surface area contributed by atoms with Crippen LogP contribution < -0.4 is 10.0 Å². The third kappa shape index (κ3) is 5.30. The van der Waals surface area contributed by atoms with Crippen molar-refractivity contribution in [3.05, 3.63) is 58.1 Å². The van der Waals surface area contributed by atoms with Gasteiger partial charge in [-0.2, -0.15) is 0 Å². The molecule has 0 aliphatic carbocycles. The number of amides is 1. The number of nitrogens with one attached hydrogen (secondary N) is 2. The van der Waals surface area contributed by atoms with Crippen LogP contribution in [0.3, 0.4) is 0 Å². The lowest BCUT2D eigenvalue weighted by atomic mass is 10.2. The molecule has 0 bridgehead atoms. The maximum atomic E-state index is 12.7. The SMILES string of the molecule is COC[C@@H](C)NC(=O)c1cccc(S(=O)(=O)Nc2cc(C)ccc2Br)c1. The van der Waals surface area contributed by atoms with Crippen molar-refractivity contribution in [1.82, 2.24) is 5.32 Å². The summed E-state index contributed by atoms with van der Waals surface area (Å²) in [4.78, 5) is 12.3. The highest BCUT2D eigenvalue weighted by molar-refractivity contribution is 9.10. The second kappa shape index (κ2) is 8.66. The molecule has 0 fully saturated rings. The molecule has 2 rings (SSSR count). The first-order chi connectivity index (χ1) is 12.2. The molecule has 0 heterocycles. The van der Waals surface area contributed by atoms with Crippen molar-refractivity contribution in [2.45, 2.75) is 24.8 Å². The Morgan fingerprint density at radius 1 is 1.23 bits per heavy atom. The molecular weight excluding hydrogens is 420 g/mol. The van der Waals surface area contributed by atoms with E-state index in [1.165, 1.54) is 18.2 Å². The Morgan fingerprint density at radius 3 is 2.65 bits per heavy atom. The second-order valence-electron chi connectivity index (χ2n) is 5.95. The minimum Gasteiger partial charge on any atom is -0.383 e. The van der Waals surface area contributed by atoms with E-state index in [0.29, 0.717) is 16.8 Å². The molecule has 1 amide bonds. The summed E-state index contributed by atoms with van der Waals surface area (Å²) in [5.74, 6) is -0.358. The van der Waals surface area contributed by atoms with E-state index in [1.54, 1.807) is 32.2 Å². The average molecular weight is 441 g/mol. The Balaban J connectivity index is 2.25. The van der Waals surface area contributed by atoms with Gasteiger partial charge in [-0.15, -0.1) is 0 Å². The summed E-state index contributed by atoms with van der Waals surface area (Å²) < 4.78 is 33.5. The summed E-state index contributed by atoms with van der Waals surface area (Å²) in [5, 5.41) is 2.76. The van der Waals surface area contributed by atoms with Crippen LogP contribution in [0.1, 0.15) is 22.8 Å². The predicted molar refractivity (Wildman–Crippen MR) is 105 cm³/mol. The monoisotopic (exact) mass is 440 g/mol. The molecule has 26 heavy (non-hydrogen) atoms. The molecule has 2 aromatic carbocycles. The predicted octanol–water partition coefficient (Wildman–Crippen LogP) is 3.32.